The van der Waals surface area contributed by atoms with Crippen molar-refractivity contribution in [2.45, 2.75) is 32.4 Å². The van der Waals surface area contributed by atoms with E-state index in [1.807, 2.05) is 25.1 Å². The van der Waals surface area contributed by atoms with Gasteiger partial charge in [0.25, 0.3) is 0 Å². The Kier molecular flexibility index (Phi) is 8.61. The summed E-state index contributed by atoms with van der Waals surface area (Å²) in [5.41, 5.74) is 2.51. The van der Waals surface area contributed by atoms with Crippen LogP contribution < -0.4 is 29.5 Å². The van der Waals surface area contributed by atoms with Crippen molar-refractivity contribution in [1.82, 2.24) is 19.8 Å². The summed E-state index contributed by atoms with van der Waals surface area (Å²) in [5, 5.41) is 3.27. The van der Waals surface area contributed by atoms with Gasteiger partial charge in [-0.1, -0.05) is 6.92 Å². The molecule has 0 bridgehead atoms. The van der Waals surface area contributed by atoms with E-state index in [0.29, 0.717) is 54.5 Å². The van der Waals surface area contributed by atoms with Crippen molar-refractivity contribution in [3.8, 4) is 11.5 Å². The van der Waals surface area contributed by atoms with Gasteiger partial charge < -0.3 is 29.5 Å². The van der Waals surface area contributed by atoms with Crippen LogP contribution in [0.4, 0.5) is 38.0 Å². The number of likely N-dealkylation sites (N-methyl/N-ethyl adjacent to an activating group) is 1. The fourth-order valence-corrected chi connectivity index (χ4v) is 6.15. The van der Waals surface area contributed by atoms with Crippen molar-refractivity contribution < 1.29 is 23.5 Å². The van der Waals surface area contributed by atoms with Gasteiger partial charge in [0, 0.05) is 75.3 Å². The van der Waals surface area contributed by atoms with Crippen molar-refractivity contribution in [3.05, 3.63) is 54.0 Å². The molecule has 3 aliphatic heterocycles. The van der Waals surface area contributed by atoms with Gasteiger partial charge in [0.1, 0.15) is 23.1 Å². The van der Waals surface area contributed by atoms with E-state index in [9.17, 15) is 9.59 Å². The average molecular weight is 619 g/mol. The Morgan fingerprint density at radius 2 is 1.87 bits per heavy atom. The molecular weight excluding hydrogens is 579 g/mol. The standard InChI is InChI=1S/C32H39FN8O4/c1-5-29(42)39-11-10-23(20-39)41-30-21(19-40(32(41)43)27-17-24(44-3)7-8-25(27)33)18-34-31(36-30)35-26-9-6-22(16-28(26)45-4)38-14-12-37(2)13-15-38/h6-9,16-18,23H,5,10-15,19-20H2,1-4H3,(H,34,35,36)/t23-/m0/s1. The Morgan fingerprint density at radius 3 is 2.60 bits per heavy atom. The molecule has 0 spiro atoms. The largest absolute Gasteiger partial charge is 0.497 e. The Labute approximate surface area is 262 Å². The number of nitrogens with one attached hydrogen (secondary N) is 1. The zero-order valence-corrected chi connectivity index (χ0v) is 26.1. The van der Waals surface area contributed by atoms with Crippen LogP contribution >= 0.6 is 0 Å². The van der Waals surface area contributed by atoms with Gasteiger partial charge in [0.05, 0.1) is 38.2 Å². The van der Waals surface area contributed by atoms with E-state index in [1.165, 1.54) is 30.2 Å². The molecule has 4 heterocycles. The summed E-state index contributed by atoms with van der Waals surface area (Å²) < 4.78 is 26.2. The normalized spacial score (nSPS) is 18.7. The molecule has 2 saturated heterocycles. The molecule has 0 radical (unpaired) electrons. The third kappa shape index (κ3) is 6.04. The average Bonchev–Trinajstić information content (AvgIpc) is 3.55. The van der Waals surface area contributed by atoms with E-state index in [-0.39, 0.29) is 30.1 Å². The van der Waals surface area contributed by atoms with E-state index in [4.69, 9.17) is 14.5 Å². The molecule has 1 atom stereocenters. The highest BCUT2D eigenvalue weighted by Crippen LogP contribution is 2.38. The number of rotatable bonds is 8. The maximum atomic E-state index is 15.1. The molecule has 1 aromatic heterocycles. The van der Waals surface area contributed by atoms with Crippen LogP contribution in [-0.2, 0) is 11.3 Å². The lowest BCUT2D eigenvalue weighted by Gasteiger charge is -2.39. The number of hydrogen-bond acceptors (Lipinski definition) is 9. The number of benzene rings is 2. The van der Waals surface area contributed by atoms with Crippen LogP contribution in [0.1, 0.15) is 25.3 Å². The Balaban J connectivity index is 1.32. The fourth-order valence-electron chi connectivity index (χ4n) is 6.15. The molecule has 3 amide bonds. The smallest absolute Gasteiger partial charge is 0.330 e. The number of likely N-dealkylation sites (tertiary alicyclic amines) is 1. The number of methoxy groups -OCH3 is 2. The van der Waals surface area contributed by atoms with Gasteiger partial charge in [-0.3, -0.25) is 14.6 Å². The summed E-state index contributed by atoms with van der Waals surface area (Å²) in [4.78, 5) is 45.5. The second-order valence-corrected chi connectivity index (χ2v) is 11.5. The Hall–Kier alpha value is -4.65. The first-order valence-corrected chi connectivity index (χ1v) is 15.3. The number of halogens is 1. The van der Waals surface area contributed by atoms with Crippen LogP contribution in [0.2, 0.25) is 0 Å². The lowest BCUT2D eigenvalue weighted by atomic mass is 10.1. The maximum absolute atomic E-state index is 15.1. The van der Waals surface area contributed by atoms with Crippen LogP contribution in [0, 0.1) is 5.82 Å². The lowest BCUT2D eigenvalue weighted by molar-refractivity contribution is -0.129. The summed E-state index contributed by atoms with van der Waals surface area (Å²) in [5.74, 6) is 1.27. The molecule has 238 valence electrons. The first-order valence-electron chi connectivity index (χ1n) is 15.3. The minimum absolute atomic E-state index is 0.0232. The van der Waals surface area contributed by atoms with Gasteiger partial charge >= 0.3 is 6.03 Å². The van der Waals surface area contributed by atoms with Gasteiger partial charge in [-0.15, -0.1) is 0 Å². The molecular formula is C32H39FN8O4. The van der Waals surface area contributed by atoms with Gasteiger partial charge in [-0.25, -0.2) is 14.2 Å². The van der Waals surface area contributed by atoms with Crippen LogP contribution in [0.15, 0.2) is 42.6 Å². The zero-order chi connectivity index (χ0) is 31.7. The molecule has 0 aliphatic carbocycles. The lowest BCUT2D eigenvalue weighted by Crippen LogP contribution is -2.53. The van der Waals surface area contributed by atoms with Crippen LogP contribution in [0.5, 0.6) is 11.5 Å². The monoisotopic (exact) mass is 618 g/mol. The number of anilines is 5. The SMILES string of the molecule is CCC(=O)N1CC[C@H](N2C(=O)N(c3cc(OC)ccc3F)Cc3cnc(Nc4ccc(N5CCN(C)CC5)cc4OC)nc32)C1. The molecule has 45 heavy (non-hydrogen) atoms. The first kappa shape index (κ1) is 30.4. The van der Waals surface area contributed by atoms with Crippen molar-refractivity contribution in [2.24, 2.45) is 0 Å². The number of hydrogen-bond donors (Lipinski definition) is 1. The minimum atomic E-state index is -0.548. The van der Waals surface area contributed by atoms with E-state index >= 15 is 4.39 Å². The highest BCUT2D eigenvalue weighted by atomic mass is 19.1. The van der Waals surface area contributed by atoms with Gasteiger partial charge in [0.2, 0.25) is 11.9 Å². The molecule has 12 nitrogen and oxygen atoms in total. The Bertz CT molecular complexity index is 1580. The van der Waals surface area contributed by atoms with E-state index < -0.39 is 11.8 Å². The number of carbonyl (C=O) groups is 2. The van der Waals surface area contributed by atoms with Gasteiger partial charge in [0.15, 0.2) is 0 Å². The molecule has 6 rings (SSSR count). The van der Waals surface area contributed by atoms with Crippen molar-refractivity contribution >= 4 is 40.8 Å². The van der Waals surface area contributed by atoms with Crippen LogP contribution in [0.25, 0.3) is 0 Å². The number of urea groups is 1. The number of aromatic nitrogens is 2. The summed E-state index contributed by atoms with van der Waals surface area (Å²) in [6, 6.07) is 9.52. The number of carbonyl (C=O) groups excluding carboxylic acids is 2. The zero-order valence-electron chi connectivity index (χ0n) is 26.1. The molecule has 1 N–H and O–H groups in total. The van der Waals surface area contributed by atoms with E-state index in [0.717, 1.165) is 31.9 Å². The predicted molar refractivity (Wildman–Crippen MR) is 170 cm³/mol. The summed E-state index contributed by atoms with van der Waals surface area (Å²) >= 11 is 0. The first-order chi connectivity index (χ1) is 21.8. The molecule has 3 aliphatic rings. The molecule has 13 heteroatoms. The van der Waals surface area contributed by atoms with Crippen LogP contribution in [0.3, 0.4) is 0 Å². The second kappa shape index (κ2) is 12.8. The summed E-state index contributed by atoms with van der Waals surface area (Å²) in [7, 11) is 5.24. The fraction of sp³-hybridized carbons (Fsp3) is 0.438. The molecule has 0 saturated carbocycles. The number of nitrogens with zero attached hydrogens (tertiary/aromatic N) is 7. The molecule has 2 aromatic carbocycles. The molecule has 3 aromatic rings. The molecule has 2 fully saturated rings. The summed E-state index contributed by atoms with van der Waals surface area (Å²) in [6.07, 6.45) is 2.61. The topological polar surface area (TPSA) is 107 Å². The number of ether oxygens (including phenoxy) is 2. The number of piperazine rings is 1. The minimum Gasteiger partial charge on any atom is -0.497 e. The quantitative estimate of drug-likeness (QED) is 0.400. The number of amides is 3. The Morgan fingerprint density at radius 1 is 1.07 bits per heavy atom. The van der Waals surface area contributed by atoms with Crippen molar-refractivity contribution in [3.63, 3.8) is 0 Å². The highest BCUT2D eigenvalue weighted by molar-refractivity contribution is 6.06. The third-order valence-corrected chi connectivity index (χ3v) is 8.76. The van der Waals surface area contributed by atoms with Crippen molar-refractivity contribution in [2.75, 3.05) is 80.6 Å². The highest BCUT2D eigenvalue weighted by Gasteiger charge is 2.41. The van der Waals surface area contributed by atoms with Gasteiger partial charge in [-0.2, -0.15) is 4.98 Å². The molecule has 0 unspecified atom stereocenters. The van der Waals surface area contributed by atoms with Crippen LogP contribution in [-0.4, -0.2) is 98.3 Å². The third-order valence-electron chi connectivity index (χ3n) is 8.76. The summed E-state index contributed by atoms with van der Waals surface area (Å²) in [6.45, 7) is 6.63. The number of fused-ring (bicyclic) bond motifs is 1. The van der Waals surface area contributed by atoms with Crippen molar-refractivity contribution in [1.29, 1.82) is 0 Å². The maximum Gasteiger partial charge on any atom is 0.330 e. The predicted octanol–water partition coefficient (Wildman–Crippen LogP) is 4.09. The van der Waals surface area contributed by atoms with Gasteiger partial charge in [-0.05, 0) is 37.7 Å². The second-order valence-electron chi connectivity index (χ2n) is 11.5. The van der Waals surface area contributed by atoms with E-state index in [2.05, 4.69) is 27.1 Å². The van der Waals surface area contributed by atoms with E-state index in [1.54, 1.807) is 23.1 Å².